The molecule has 0 spiro atoms. The van der Waals surface area contributed by atoms with E-state index in [-0.39, 0.29) is 23.3 Å². The minimum absolute atomic E-state index is 0.188. The fourth-order valence-electron chi connectivity index (χ4n) is 3.97. The summed E-state index contributed by atoms with van der Waals surface area (Å²) in [5.74, 6) is 0. The summed E-state index contributed by atoms with van der Waals surface area (Å²) in [6.07, 6.45) is -20.9. The Balaban J connectivity index is 0.000000731. The molecule has 273 valence electrons. The average Bonchev–Trinajstić information content (AvgIpc) is 3.72. The number of nitrogens with zero attached hydrogens (tertiary/aromatic N) is 1. The van der Waals surface area contributed by atoms with Crippen LogP contribution in [0.3, 0.4) is 0 Å². The Morgan fingerprint density at radius 3 is 1.12 bits per heavy atom. The molecule has 2 aromatic carbocycles. The third-order valence-electron chi connectivity index (χ3n) is 6.37. The van der Waals surface area contributed by atoms with Crippen LogP contribution in [0.2, 0.25) is 0 Å². The van der Waals surface area contributed by atoms with Crippen LogP contribution in [0.5, 0.6) is 0 Å². The first-order valence-electron chi connectivity index (χ1n) is 13.7. The van der Waals surface area contributed by atoms with Crippen LogP contribution in [0.4, 0.5) is 64.1 Å². The van der Waals surface area contributed by atoms with Crippen molar-refractivity contribution in [2.45, 2.75) is 82.4 Å². The van der Waals surface area contributed by atoms with Crippen LogP contribution in [0, 0.1) is 31.3 Å². The molecule has 2 heterocycles. The van der Waals surface area contributed by atoms with E-state index in [0.29, 0.717) is 12.1 Å². The van der Waals surface area contributed by atoms with Crippen LogP contribution in [0.1, 0.15) is 54.9 Å². The van der Waals surface area contributed by atoms with E-state index in [1.54, 1.807) is 0 Å². The first kappa shape index (κ1) is 43.7. The fourth-order valence-corrected chi connectivity index (χ4v) is 3.97. The molecule has 2 aliphatic heterocycles. The van der Waals surface area contributed by atoms with Gasteiger partial charge in [0.2, 0.25) is 0 Å². The van der Waals surface area contributed by atoms with Crippen molar-refractivity contribution in [3.05, 3.63) is 77.2 Å². The normalized spacial score (nSPS) is 15.6. The molecule has 0 aliphatic carbocycles. The second-order valence-corrected chi connectivity index (χ2v) is 11.6. The Labute approximate surface area is 279 Å². The van der Waals surface area contributed by atoms with Gasteiger partial charge < -0.3 is 25.0 Å². The zero-order valence-electron chi connectivity index (χ0n) is 25.5. The summed E-state index contributed by atoms with van der Waals surface area (Å²) in [6, 6.07) is 2.99. The maximum atomic E-state index is 13.4. The first-order chi connectivity index (χ1) is 21.9. The smallest absolute Gasteiger partial charge is 0.430 e. The fraction of sp³-hybridized carbons (Fsp3) is 0.500. The molecule has 0 atom stereocenters. The Morgan fingerprint density at radius 1 is 0.646 bits per heavy atom. The SMILES string of the molecule is C[C]#[W].Cc1ccc([N-]c2ccc(C)cc2C(O)(C(F)(F)F)C(F)(F)F)c(C(O)(C(F)(F)F)C(F)(F)F)c1.[CH-]1CCCO1.[CH-]1CCCO1. The van der Waals surface area contributed by atoms with Gasteiger partial charge in [0.1, 0.15) is 0 Å². The Hall–Kier alpha value is -2.29. The number of hydrogen-bond acceptors (Lipinski definition) is 4. The monoisotopic (exact) mass is 881 g/mol. The summed E-state index contributed by atoms with van der Waals surface area (Å²) >= 11 is 1.42. The topological polar surface area (TPSA) is 73.0 Å². The quantitative estimate of drug-likeness (QED) is 0.237. The molecule has 0 bridgehead atoms. The van der Waals surface area contributed by atoms with Gasteiger partial charge >= 0.3 is 55.0 Å². The molecule has 5 nitrogen and oxygen atoms in total. The molecule has 2 N–H and O–H groups in total. The molecular weight excluding hydrogens is 850 g/mol. The van der Waals surface area contributed by atoms with Gasteiger partial charge in [-0.3, -0.25) is 0 Å². The predicted molar refractivity (Wildman–Crippen MR) is 146 cm³/mol. The maximum absolute atomic E-state index is 13.4. The molecule has 18 heteroatoms. The van der Waals surface area contributed by atoms with Crippen LogP contribution >= 0.6 is 0 Å². The van der Waals surface area contributed by atoms with Gasteiger partial charge in [-0.25, -0.2) is 13.2 Å². The van der Waals surface area contributed by atoms with Gasteiger partial charge in [0.15, 0.2) is 0 Å². The van der Waals surface area contributed by atoms with Gasteiger partial charge in [0, 0.05) is 13.2 Å². The summed E-state index contributed by atoms with van der Waals surface area (Å²) in [5, 5.41) is 22.7. The van der Waals surface area contributed by atoms with Crippen molar-refractivity contribution >= 4 is 11.4 Å². The zero-order valence-corrected chi connectivity index (χ0v) is 28.4. The van der Waals surface area contributed by atoms with E-state index in [1.807, 2.05) is 20.1 Å². The number of benzene rings is 2. The van der Waals surface area contributed by atoms with Crippen molar-refractivity contribution in [3.8, 4) is 4.20 Å². The molecule has 2 aromatic rings. The third-order valence-corrected chi connectivity index (χ3v) is 6.37. The Bertz CT molecular complexity index is 1210. The Morgan fingerprint density at radius 2 is 0.938 bits per heavy atom. The van der Waals surface area contributed by atoms with Crippen molar-refractivity contribution in [1.29, 1.82) is 0 Å². The van der Waals surface area contributed by atoms with Gasteiger partial charge in [0.05, 0.1) is 0 Å². The maximum Gasteiger partial charge on any atom is 0.430 e. The van der Waals surface area contributed by atoms with E-state index in [4.69, 9.17) is 9.47 Å². The van der Waals surface area contributed by atoms with Gasteiger partial charge in [0.25, 0.3) is 11.2 Å². The third kappa shape index (κ3) is 10.9. The van der Waals surface area contributed by atoms with Crippen molar-refractivity contribution in [2.24, 2.45) is 0 Å². The number of rotatable bonds is 4. The largest absolute Gasteiger partial charge is 0.657 e. The average molecular weight is 881 g/mol. The van der Waals surface area contributed by atoms with Gasteiger partial charge in [-0.05, 0) is 25.0 Å². The second kappa shape index (κ2) is 17.6. The molecule has 0 unspecified atom stereocenters. The van der Waals surface area contributed by atoms with Crippen molar-refractivity contribution < 1.29 is 91.5 Å². The molecule has 0 aromatic heterocycles. The molecule has 4 rings (SSSR count). The van der Waals surface area contributed by atoms with Crippen molar-refractivity contribution in [2.75, 3.05) is 13.2 Å². The summed E-state index contributed by atoms with van der Waals surface area (Å²) in [6.45, 7) is 9.56. The zero-order chi connectivity index (χ0) is 37.2. The summed E-state index contributed by atoms with van der Waals surface area (Å²) in [7, 11) is 0. The van der Waals surface area contributed by atoms with E-state index in [2.05, 4.69) is 9.52 Å². The minimum Gasteiger partial charge on any atom is -0.657 e. The second-order valence-electron chi connectivity index (χ2n) is 10.1. The predicted octanol–water partition coefficient (Wildman–Crippen LogP) is 9.69. The summed E-state index contributed by atoms with van der Waals surface area (Å²) in [4.78, 5) is 0. The molecule has 2 aliphatic rings. The number of alkyl halides is 12. The minimum atomic E-state index is -6.42. The van der Waals surface area contributed by atoms with Gasteiger partial charge in [-0.1, -0.05) is 60.4 Å². The summed E-state index contributed by atoms with van der Waals surface area (Å²) in [5.41, 5.74) is -18.6. The molecule has 48 heavy (non-hydrogen) atoms. The van der Waals surface area contributed by atoms with E-state index in [1.165, 1.54) is 32.0 Å². The van der Waals surface area contributed by atoms with E-state index in [0.717, 1.165) is 52.0 Å². The van der Waals surface area contributed by atoms with Crippen LogP contribution < -0.4 is 0 Å². The number of aliphatic hydroxyl groups is 2. The molecule has 2 fully saturated rings. The van der Waals surface area contributed by atoms with Gasteiger partial charge in [-0.15, -0.1) is 11.4 Å². The summed E-state index contributed by atoms with van der Waals surface area (Å²) < 4.78 is 174. The standard InChI is InChI=1S/C20H14F12NO2.2C4H7O.C2H3.W/c1-9-3-5-13(11(7-9)15(34,17(21,22)23)18(24,25)26)33-14-6-4-10(2)8-12(14)16(35,19(27,28)29)20(30,31)32;2*1-2-4-5-3-1;1-2;/h3-8,34-35H,1-2H3;2*3H,1-2,4H2;1H3;/q3*-1;;. The van der Waals surface area contributed by atoms with E-state index in [9.17, 15) is 62.9 Å². The molecule has 0 saturated carbocycles. The molecule has 0 amide bonds. The van der Waals surface area contributed by atoms with Crippen LogP contribution in [-0.4, -0.2) is 48.1 Å². The molecule has 0 radical (unpaired) electrons. The number of halogens is 12. The molecular formula is C30H31F12NO4W-3. The van der Waals surface area contributed by atoms with Gasteiger partial charge in [-0.2, -0.15) is 65.5 Å². The number of hydrogen-bond donors (Lipinski definition) is 2. The van der Waals surface area contributed by atoms with Crippen LogP contribution in [-0.2, 0) is 39.8 Å². The van der Waals surface area contributed by atoms with Crippen LogP contribution in [0.15, 0.2) is 36.4 Å². The van der Waals surface area contributed by atoms with E-state index >= 15 is 0 Å². The number of ether oxygens (including phenoxy) is 2. The number of aryl methyl sites for hydroxylation is 2. The molecule has 2 saturated heterocycles. The van der Waals surface area contributed by atoms with E-state index < -0.39 is 58.4 Å². The Kier molecular flexibility index (Phi) is 16.0. The van der Waals surface area contributed by atoms with Crippen LogP contribution in [0.25, 0.3) is 5.32 Å². The van der Waals surface area contributed by atoms with Crippen molar-refractivity contribution in [3.63, 3.8) is 0 Å². The first-order valence-corrected chi connectivity index (χ1v) is 15.2. The van der Waals surface area contributed by atoms with Crippen molar-refractivity contribution in [1.82, 2.24) is 0 Å².